The lowest BCUT2D eigenvalue weighted by Crippen LogP contribution is -2.16. The summed E-state index contributed by atoms with van der Waals surface area (Å²) in [5.41, 5.74) is 0.906. The van der Waals surface area contributed by atoms with Crippen LogP contribution in [0.4, 0.5) is 0 Å². The van der Waals surface area contributed by atoms with E-state index in [1.54, 1.807) is 7.11 Å². The minimum Gasteiger partial charge on any atom is -0.496 e. The molecule has 18 heavy (non-hydrogen) atoms. The fraction of sp³-hybridized carbons (Fsp3) is 0.533. The third-order valence-electron chi connectivity index (χ3n) is 2.95. The second kappa shape index (κ2) is 7.75. The van der Waals surface area contributed by atoms with Gasteiger partial charge in [0.1, 0.15) is 5.75 Å². The molecule has 0 N–H and O–H groups in total. The Kier molecular flexibility index (Phi) is 6.26. The molecule has 0 spiro atoms. The summed E-state index contributed by atoms with van der Waals surface area (Å²) < 4.78 is 10.6. The Balaban J connectivity index is 2.78. The summed E-state index contributed by atoms with van der Waals surface area (Å²) in [5.74, 6) is 0.352. The summed E-state index contributed by atoms with van der Waals surface area (Å²) in [7, 11) is 1.62. The highest BCUT2D eigenvalue weighted by Crippen LogP contribution is 2.29. The predicted molar refractivity (Wildman–Crippen MR) is 71.9 cm³/mol. The van der Waals surface area contributed by atoms with Crippen LogP contribution < -0.4 is 4.74 Å². The number of benzene rings is 1. The van der Waals surface area contributed by atoms with Gasteiger partial charge in [-0.2, -0.15) is 0 Å². The minimum atomic E-state index is -0.238. The zero-order valence-corrected chi connectivity index (χ0v) is 11.4. The molecule has 100 valence electrons. The van der Waals surface area contributed by atoms with E-state index in [9.17, 15) is 4.79 Å². The Morgan fingerprint density at radius 1 is 1.28 bits per heavy atom. The van der Waals surface area contributed by atoms with E-state index in [1.165, 1.54) is 0 Å². The number of esters is 1. The van der Waals surface area contributed by atoms with E-state index >= 15 is 0 Å². The van der Waals surface area contributed by atoms with Crippen LogP contribution in [0.5, 0.6) is 5.75 Å². The first-order valence-electron chi connectivity index (χ1n) is 6.54. The number of carbonyl (C=O) groups is 1. The summed E-state index contributed by atoms with van der Waals surface area (Å²) in [6.07, 6.45) is 2.65. The van der Waals surface area contributed by atoms with Crippen molar-refractivity contribution in [3.63, 3.8) is 0 Å². The van der Waals surface area contributed by atoms with E-state index in [1.807, 2.05) is 31.2 Å². The van der Waals surface area contributed by atoms with Crippen molar-refractivity contribution in [3.8, 4) is 5.75 Å². The molecule has 0 saturated carbocycles. The molecule has 1 unspecified atom stereocenters. The van der Waals surface area contributed by atoms with Gasteiger partial charge in [0.15, 0.2) is 0 Å². The van der Waals surface area contributed by atoms with Crippen molar-refractivity contribution in [1.82, 2.24) is 0 Å². The third-order valence-corrected chi connectivity index (χ3v) is 2.95. The number of methoxy groups -OCH3 is 1. The lowest BCUT2D eigenvalue weighted by atomic mass is 9.96. The third kappa shape index (κ3) is 3.76. The highest BCUT2D eigenvalue weighted by atomic mass is 16.5. The number of hydrogen-bond acceptors (Lipinski definition) is 3. The van der Waals surface area contributed by atoms with Crippen molar-refractivity contribution < 1.29 is 14.3 Å². The minimum absolute atomic E-state index is 0.157. The number of para-hydroxylation sites is 1. The summed E-state index contributed by atoms with van der Waals surface area (Å²) in [6.45, 7) is 4.56. The van der Waals surface area contributed by atoms with Gasteiger partial charge in [0.25, 0.3) is 0 Å². The van der Waals surface area contributed by atoms with Crippen molar-refractivity contribution in [2.75, 3.05) is 13.7 Å². The molecule has 0 heterocycles. The standard InChI is InChI=1S/C15H22O3/c1-4-6-11-18-15(16)12(5-2)13-9-7-8-10-14(13)17-3/h7-10,12H,4-6,11H2,1-3H3. The second-order valence-electron chi connectivity index (χ2n) is 4.22. The van der Waals surface area contributed by atoms with Crippen LogP contribution in [0, 0.1) is 0 Å². The lowest BCUT2D eigenvalue weighted by molar-refractivity contribution is -0.145. The Morgan fingerprint density at radius 3 is 2.61 bits per heavy atom. The zero-order valence-electron chi connectivity index (χ0n) is 11.4. The number of unbranched alkanes of at least 4 members (excludes halogenated alkanes) is 1. The molecule has 0 saturated heterocycles. The van der Waals surface area contributed by atoms with Gasteiger partial charge in [0.2, 0.25) is 0 Å². The summed E-state index contributed by atoms with van der Waals surface area (Å²) in [5, 5.41) is 0. The average Bonchev–Trinajstić information content (AvgIpc) is 2.40. The first-order valence-corrected chi connectivity index (χ1v) is 6.54. The van der Waals surface area contributed by atoms with Crippen molar-refractivity contribution in [2.24, 2.45) is 0 Å². The Hall–Kier alpha value is -1.51. The topological polar surface area (TPSA) is 35.5 Å². The number of hydrogen-bond donors (Lipinski definition) is 0. The SMILES string of the molecule is CCCCOC(=O)C(CC)c1ccccc1OC. The molecule has 1 aromatic carbocycles. The normalized spacial score (nSPS) is 11.9. The van der Waals surface area contributed by atoms with Crippen LogP contribution in [-0.2, 0) is 9.53 Å². The highest BCUT2D eigenvalue weighted by Gasteiger charge is 2.23. The molecule has 1 atom stereocenters. The Morgan fingerprint density at radius 2 is 2.00 bits per heavy atom. The Labute approximate surface area is 109 Å². The van der Waals surface area contributed by atoms with E-state index in [-0.39, 0.29) is 11.9 Å². The van der Waals surface area contributed by atoms with E-state index in [4.69, 9.17) is 9.47 Å². The van der Waals surface area contributed by atoms with E-state index < -0.39 is 0 Å². The van der Waals surface area contributed by atoms with Crippen molar-refractivity contribution >= 4 is 5.97 Å². The van der Waals surface area contributed by atoms with E-state index in [0.717, 1.165) is 24.2 Å². The predicted octanol–water partition coefficient (Wildman–Crippen LogP) is 3.53. The number of ether oxygens (including phenoxy) is 2. The number of rotatable bonds is 7. The van der Waals surface area contributed by atoms with Crippen molar-refractivity contribution in [2.45, 2.75) is 39.0 Å². The van der Waals surface area contributed by atoms with Crippen LogP contribution in [0.15, 0.2) is 24.3 Å². The maximum absolute atomic E-state index is 12.0. The first kappa shape index (κ1) is 14.6. The summed E-state index contributed by atoms with van der Waals surface area (Å²) in [6, 6.07) is 7.61. The quantitative estimate of drug-likeness (QED) is 0.548. The maximum atomic E-state index is 12.0. The van der Waals surface area contributed by atoms with E-state index in [0.29, 0.717) is 13.0 Å². The van der Waals surface area contributed by atoms with Gasteiger partial charge < -0.3 is 9.47 Å². The van der Waals surface area contributed by atoms with Crippen molar-refractivity contribution in [1.29, 1.82) is 0 Å². The number of carbonyl (C=O) groups excluding carboxylic acids is 1. The van der Waals surface area contributed by atoms with Crippen LogP contribution in [0.25, 0.3) is 0 Å². The molecule has 0 amide bonds. The molecule has 0 aliphatic heterocycles. The fourth-order valence-corrected chi connectivity index (χ4v) is 1.89. The highest BCUT2D eigenvalue weighted by molar-refractivity contribution is 5.79. The van der Waals surface area contributed by atoms with Crippen LogP contribution in [0.2, 0.25) is 0 Å². The zero-order chi connectivity index (χ0) is 13.4. The van der Waals surface area contributed by atoms with Gasteiger partial charge in [-0.15, -0.1) is 0 Å². The molecule has 3 nitrogen and oxygen atoms in total. The summed E-state index contributed by atoms with van der Waals surface area (Å²) >= 11 is 0. The van der Waals surface area contributed by atoms with Crippen LogP contribution in [-0.4, -0.2) is 19.7 Å². The lowest BCUT2D eigenvalue weighted by Gasteiger charge is -2.17. The van der Waals surface area contributed by atoms with Gasteiger partial charge in [-0.1, -0.05) is 38.5 Å². The monoisotopic (exact) mass is 250 g/mol. The molecule has 0 aliphatic carbocycles. The molecule has 1 rings (SSSR count). The fourth-order valence-electron chi connectivity index (χ4n) is 1.89. The van der Waals surface area contributed by atoms with Gasteiger partial charge in [-0.25, -0.2) is 0 Å². The molecule has 1 aromatic rings. The molecule has 0 aromatic heterocycles. The second-order valence-corrected chi connectivity index (χ2v) is 4.22. The van der Waals surface area contributed by atoms with Gasteiger partial charge in [-0.05, 0) is 18.9 Å². The smallest absolute Gasteiger partial charge is 0.313 e. The summed E-state index contributed by atoms with van der Waals surface area (Å²) in [4.78, 5) is 12.0. The van der Waals surface area contributed by atoms with Crippen LogP contribution in [0.3, 0.4) is 0 Å². The van der Waals surface area contributed by atoms with Gasteiger partial charge >= 0.3 is 5.97 Å². The molecule has 0 radical (unpaired) electrons. The van der Waals surface area contributed by atoms with Gasteiger partial charge in [0, 0.05) is 5.56 Å². The van der Waals surface area contributed by atoms with Gasteiger partial charge in [0.05, 0.1) is 19.6 Å². The largest absolute Gasteiger partial charge is 0.496 e. The first-order chi connectivity index (χ1) is 8.74. The average molecular weight is 250 g/mol. The molecule has 0 bridgehead atoms. The molecule has 0 aliphatic rings. The Bertz CT molecular complexity index is 374. The van der Waals surface area contributed by atoms with E-state index in [2.05, 4.69) is 6.92 Å². The molecule has 3 heteroatoms. The molecular weight excluding hydrogens is 228 g/mol. The van der Waals surface area contributed by atoms with Crippen LogP contribution in [0.1, 0.15) is 44.6 Å². The molecule has 0 fully saturated rings. The van der Waals surface area contributed by atoms with Crippen molar-refractivity contribution in [3.05, 3.63) is 29.8 Å². The van der Waals surface area contributed by atoms with Gasteiger partial charge in [-0.3, -0.25) is 4.79 Å². The maximum Gasteiger partial charge on any atom is 0.313 e. The molecular formula is C15H22O3. The van der Waals surface area contributed by atoms with Crippen LogP contribution >= 0.6 is 0 Å².